The molecule has 2 rings (SSSR count). The van der Waals surface area contributed by atoms with Crippen molar-refractivity contribution in [3.63, 3.8) is 0 Å². The third-order valence-corrected chi connectivity index (χ3v) is 2.83. The summed E-state index contributed by atoms with van der Waals surface area (Å²) >= 11 is 5.93. The number of aryl methyl sites for hydroxylation is 1. The van der Waals surface area contributed by atoms with E-state index in [4.69, 9.17) is 11.6 Å². The van der Waals surface area contributed by atoms with Crippen molar-refractivity contribution in [3.05, 3.63) is 34.3 Å². The first-order chi connectivity index (χ1) is 5.77. The second-order valence-electron chi connectivity index (χ2n) is 3.30. The molecular formula is C10H12ClN. The van der Waals surface area contributed by atoms with Gasteiger partial charge in [0.2, 0.25) is 0 Å². The van der Waals surface area contributed by atoms with Gasteiger partial charge in [0.05, 0.1) is 0 Å². The lowest BCUT2D eigenvalue weighted by Gasteiger charge is -2.28. The van der Waals surface area contributed by atoms with E-state index in [1.807, 2.05) is 13.0 Å². The molecular weight excluding hydrogens is 170 g/mol. The summed E-state index contributed by atoms with van der Waals surface area (Å²) in [4.78, 5) is 0. The van der Waals surface area contributed by atoms with E-state index in [2.05, 4.69) is 17.4 Å². The standard InChI is InChI=1S/C10H12ClN/c1-7-6-8(2-3-9(7)11)10-4-5-12-10/h2-3,6,10,12H,4-5H2,1H3/t10-/m1/s1. The Morgan fingerprint density at radius 1 is 1.50 bits per heavy atom. The summed E-state index contributed by atoms with van der Waals surface area (Å²) in [5.74, 6) is 0. The SMILES string of the molecule is Cc1cc([C@H]2CCN2)ccc1Cl. The highest BCUT2D eigenvalue weighted by molar-refractivity contribution is 6.31. The first-order valence-electron chi connectivity index (χ1n) is 4.27. The van der Waals surface area contributed by atoms with Crippen LogP contribution in [-0.2, 0) is 0 Å². The van der Waals surface area contributed by atoms with Crippen molar-refractivity contribution < 1.29 is 0 Å². The van der Waals surface area contributed by atoms with Gasteiger partial charge in [0, 0.05) is 11.1 Å². The van der Waals surface area contributed by atoms with Crippen molar-refractivity contribution in [1.82, 2.24) is 5.32 Å². The fourth-order valence-electron chi connectivity index (χ4n) is 1.46. The predicted molar refractivity (Wildman–Crippen MR) is 51.5 cm³/mol. The molecule has 1 fully saturated rings. The van der Waals surface area contributed by atoms with Crippen molar-refractivity contribution >= 4 is 11.6 Å². The van der Waals surface area contributed by atoms with E-state index >= 15 is 0 Å². The summed E-state index contributed by atoms with van der Waals surface area (Å²) in [6.07, 6.45) is 1.25. The van der Waals surface area contributed by atoms with Gasteiger partial charge < -0.3 is 5.32 Å². The van der Waals surface area contributed by atoms with E-state index in [0.717, 1.165) is 11.6 Å². The number of rotatable bonds is 1. The molecule has 1 nitrogen and oxygen atoms in total. The van der Waals surface area contributed by atoms with E-state index in [0.29, 0.717) is 6.04 Å². The Morgan fingerprint density at radius 2 is 2.25 bits per heavy atom. The van der Waals surface area contributed by atoms with Gasteiger partial charge in [0.1, 0.15) is 0 Å². The van der Waals surface area contributed by atoms with E-state index in [1.165, 1.54) is 17.5 Å². The van der Waals surface area contributed by atoms with Gasteiger partial charge in [0.25, 0.3) is 0 Å². The van der Waals surface area contributed by atoms with Crippen LogP contribution in [0.5, 0.6) is 0 Å². The fourth-order valence-corrected chi connectivity index (χ4v) is 1.58. The van der Waals surface area contributed by atoms with Gasteiger partial charge in [-0.3, -0.25) is 0 Å². The smallest absolute Gasteiger partial charge is 0.0435 e. The van der Waals surface area contributed by atoms with Crippen molar-refractivity contribution in [3.8, 4) is 0 Å². The number of benzene rings is 1. The number of halogens is 1. The van der Waals surface area contributed by atoms with Gasteiger partial charge in [-0.25, -0.2) is 0 Å². The van der Waals surface area contributed by atoms with Crippen LogP contribution in [0, 0.1) is 6.92 Å². The summed E-state index contributed by atoms with van der Waals surface area (Å²) < 4.78 is 0. The molecule has 1 aliphatic heterocycles. The second kappa shape index (κ2) is 3.08. The average molecular weight is 182 g/mol. The molecule has 0 bridgehead atoms. The maximum Gasteiger partial charge on any atom is 0.0435 e. The largest absolute Gasteiger partial charge is 0.310 e. The topological polar surface area (TPSA) is 12.0 Å². The lowest BCUT2D eigenvalue weighted by molar-refractivity contribution is 0.383. The van der Waals surface area contributed by atoms with Crippen molar-refractivity contribution in [2.24, 2.45) is 0 Å². The van der Waals surface area contributed by atoms with Gasteiger partial charge in [-0.2, -0.15) is 0 Å². The van der Waals surface area contributed by atoms with Crippen LogP contribution in [0.4, 0.5) is 0 Å². The molecule has 0 radical (unpaired) electrons. The molecule has 1 aromatic rings. The van der Waals surface area contributed by atoms with Crippen molar-refractivity contribution in [2.75, 3.05) is 6.54 Å². The molecule has 0 unspecified atom stereocenters. The molecule has 1 aromatic carbocycles. The van der Waals surface area contributed by atoms with Crippen LogP contribution in [-0.4, -0.2) is 6.54 Å². The Hall–Kier alpha value is -0.530. The highest BCUT2D eigenvalue weighted by Crippen LogP contribution is 2.26. The van der Waals surface area contributed by atoms with Crippen LogP contribution in [0.1, 0.15) is 23.6 Å². The monoisotopic (exact) mass is 181 g/mol. The summed E-state index contributed by atoms with van der Waals surface area (Å²) in [7, 11) is 0. The molecule has 64 valence electrons. The van der Waals surface area contributed by atoms with Crippen molar-refractivity contribution in [2.45, 2.75) is 19.4 Å². The van der Waals surface area contributed by atoms with Gasteiger partial charge in [-0.05, 0) is 37.1 Å². The summed E-state index contributed by atoms with van der Waals surface area (Å²) in [5, 5.41) is 4.22. The van der Waals surface area contributed by atoms with E-state index < -0.39 is 0 Å². The number of nitrogens with one attached hydrogen (secondary N) is 1. The molecule has 1 N–H and O–H groups in total. The highest BCUT2D eigenvalue weighted by Gasteiger charge is 2.18. The minimum absolute atomic E-state index is 0.570. The van der Waals surface area contributed by atoms with Crippen LogP contribution in [0.2, 0.25) is 5.02 Å². The molecule has 1 saturated heterocycles. The Labute approximate surface area is 77.7 Å². The molecule has 12 heavy (non-hydrogen) atoms. The van der Waals surface area contributed by atoms with Crippen LogP contribution < -0.4 is 5.32 Å². The molecule has 0 amide bonds. The van der Waals surface area contributed by atoms with E-state index in [-0.39, 0.29) is 0 Å². The summed E-state index contributed by atoms with van der Waals surface area (Å²) in [6, 6.07) is 6.82. The summed E-state index contributed by atoms with van der Waals surface area (Å²) in [5.41, 5.74) is 2.53. The molecule has 1 heterocycles. The fraction of sp³-hybridized carbons (Fsp3) is 0.400. The van der Waals surface area contributed by atoms with Gasteiger partial charge in [0.15, 0.2) is 0 Å². The quantitative estimate of drug-likeness (QED) is 0.703. The number of hydrogen-bond acceptors (Lipinski definition) is 1. The van der Waals surface area contributed by atoms with Crippen LogP contribution in [0.25, 0.3) is 0 Å². The average Bonchev–Trinajstić information content (AvgIpc) is 1.93. The normalized spacial score (nSPS) is 22.0. The minimum atomic E-state index is 0.570. The maximum absolute atomic E-state index is 5.93. The van der Waals surface area contributed by atoms with Crippen LogP contribution in [0.15, 0.2) is 18.2 Å². The second-order valence-corrected chi connectivity index (χ2v) is 3.71. The Bertz CT molecular complexity index is 292. The Balaban J connectivity index is 2.27. The first kappa shape index (κ1) is 8.09. The zero-order valence-corrected chi connectivity index (χ0v) is 7.86. The molecule has 1 aliphatic rings. The van der Waals surface area contributed by atoms with E-state index in [1.54, 1.807) is 0 Å². The van der Waals surface area contributed by atoms with Crippen LogP contribution in [0.3, 0.4) is 0 Å². The Morgan fingerprint density at radius 3 is 2.75 bits per heavy atom. The van der Waals surface area contributed by atoms with Crippen molar-refractivity contribution in [1.29, 1.82) is 0 Å². The van der Waals surface area contributed by atoms with E-state index in [9.17, 15) is 0 Å². The van der Waals surface area contributed by atoms with Gasteiger partial charge in [-0.1, -0.05) is 23.7 Å². The zero-order valence-electron chi connectivity index (χ0n) is 7.10. The lowest BCUT2D eigenvalue weighted by atomic mass is 9.97. The van der Waals surface area contributed by atoms with Crippen LogP contribution >= 0.6 is 11.6 Å². The first-order valence-corrected chi connectivity index (χ1v) is 4.64. The molecule has 0 saturated carbocycles. The number of hydrogen-bond donors (Lipinski definition) is 1. The third kappa shape index (κ3) is 1.35. The predicted octanol–water partition coefficient (Wildman–Crippen LogP) is 2.68. The highest BCUT2D eigenvalue weighted by atomic mass is 35.5. The van der Waals surface area contributed by atoms with Gasteiger partial charge in [-0.15, -0.1) is 0 Å². The third-order valence-electron chi connectivity index (χ3n) is 2.41. The zero-order chi connectivity index (χ0) is 8.55. The lowest BCUT2D eigenvalue weighted by Crippen LogP contribution is -2.34. The maximum atomic E-state index is 5.93. The van der Waals surface area contributed by atoms with Gasteiger partial charge >= 0.3 is 0 Å². The molecule has 0 aromatic heterocycles. The molecule has 1 atom stereocenters. The molecule has 0 spiro atoms. The minimum Gasteiger partial charge on any atom is -0.310 e. The summed E-state index contributed by atoms with van der Waals surface area (Å²) in [6.45, 7) is 3.19. The Kier molecular flexibility index (Phi) is 2.07. The molecule has 2 heteroatoms. The molecule has 0 aliphatic carbocycles.